The van der Waals surface area contributed by atoms with E-state index in [1.807, 2.05) is 6.92 Å². The largest absolute Gasteiger partial charge is 0.462 e. The molecular weight excluding hydrogens is 413 g/mol. The number of aliphatic imine (C=N–C) groups is 1. The molecule has 0 atom stereocenters. The number of hydrogen-bond acceptors (Lipinski definition) is 4. The van der Waals surface area contributed by atoms with E-state index in [2.05, 4.69) is 10.1 Å². The van der Waals surface area contributed by atoms with E-state index in [1.165, 1.54) is 17.0 Å². The number of aryl methyl sites for hydroxylation is 1. The van der Waals surface area contributed by atoms with Gasteiger partial charge in [-0.2, -0.15) is 0 Å². The molecule has 1 heterocycles. The summed E-state index contributed by atoms with van der Waals surface area (Å²) in [6, 6.07) is 11.7. The summed E-state index contributed by atoms with van der Waals surface area (Å²) in [5.41, 5.74) is 2.20. The van der Waals surface area contributed by atoms with Crippen molar-refractivity contribution in [3.05, 3.63) is 79.7 Å². The smallest absolute Gasteiger partial charge is 0.339 e. The molecule has 0 aliphatic rings. The van der Waals surface area contributed by atoms with E-state index < -0.39 is 5.97 Å². The number of aromatic amines is 1. The fourth-order valence-corrected chi connectivity index (χ4v) is 2.97. The molecule has 1 aromatic heterocycles. The summed E-state index contributed by atoms with van der Waals surface area (Å²) < 4.78 is 6.55. The SMILES string of the molecule is CCCOC(=O)c1cc(N=Cc2c(C)[nH]n(-c3ccc(Cl)cc3)c2=O)ccc1Cl. The lowest BCUT2D eigenvalue weighted by Crippen LogP contribution is -2.17. The van der Waals surface area contributed by atoms with Crippen LogP contribution in [0, 0.1) is 6.92 Å². The van der Waals surface area contributed by atoms with Gasteiger partial charge < -0.3 is 4.74 Å². The second-order valence-corrected chi connectivity index (χ2v) is 7.17. The summed E-state index contributed by atoms with van der Waals surface area (Å²) in [6.45, 7) is 4.01. The first kappa shape index (κ1) is 20.9. The minimum atomic E-state index is -0.503. The Bertz CT molecular complexity index is 1120. The van der Waals surface area contributed by atoms with Gasteiger partial charge in [0.2, 0.25) is 0 Å². The first-order chi connectivity index (χ1) is 13.9. The van der Waals surface area contributed by atoms with Gasteiger partial charge in [0.05, 0.1) is 34.1 Å². The fourth-order valence-electron chi connectivity index (χ4n) is 2.65. The van der Waals surface area contributed by atoms with E-state index in [0.717, 1.165) is 0 Å². The van der Waals surface area contributed by atoms with E-state index in [9.17, 15) is 9.59 Å². The lowest BCUT2D eigenvalue weighted by molar-refractivity contribution is 0.0505. The van der Waals surface area contributed by atoms with Crippen LogP contribution < -0.4 is 5.56 Å². The molecule has 0 aliphatic carbocycles. The van der Waals surface area contributed by atoms with Crippen molar-refractivity contribution in [3.63, 3.8) is 0 Å². The number of aromatic nitrogens is 2. The van der Waals surface area contributed by atoms with Crippen LogP contribution in [0.25, 0.3) is 5.69 Å². The number of nitrogens with one attached hydrogen (secondary N) is 1. The molecule has 3 aromatic rings. The average molecular weight is 432 g/mol. The Morgan fingerprint density at radius 2 is 1.93 bits per heavy atom. The van der Waals surface area contributed by atoms with Gasteiger partial charge in [0.15, 0.2) is 0 Å². The predicted octanol–water partition coefficient (Wildman–Crippen LogP) is 5.10. The van der Waals surface area contributed by atoms with Gasteiger partial charge in [0.25, 0.3) is 5.56 Å². The number of rotatable bonds is 6. The van der Waals surface area contributed by atoms with Crippen molar-refractivity contribution in [1.29, 1.82) is 0 Å². The number of ether oxygens (including phenoxy) is 1. The number of halogens is 2. The Morgan fingerprint density at radius 3 is 2.62 bits per heavy atom. The number of H-pyrrole nitrogens is 1. The van der Waals surface area contributed by atoms with Gasteiger partial charge in [-0.15, -0.1) is 0 Å². The molecular formula is C21H19Cl2N3O3. The highest BCUT2D eigenvalue weighted by atomic mass is 35.5. The van der Waals surface area contributed by atoms with Crippen molar-refractivity contribution in [2.45, 2.75) is 20.3 Å². The summed E-state index contributed by atoms with van der Waals surface area (Å²) in [4.78, 5) is 29.2. The van der Waals surface area contributed by atoms with Crippen molar-refractivity contribution in [3.8, 4) is 5.69 Å². The van der Waals surface area contributed by atoms with Crippen LogP contribution in [0.15, 0.2) is 52.3 Å². The van der Waals surface area contributed by atoms with Gasteiger partial charge in [-0.25, -0.2) is 9.48 Å². The van der Waals surface area contributed by atoms with Crippen molar-refractivity contribution < 1.29 is 9.53 Å². The zero-order valence-corrected chi connectivity index (χ0v) is 17.4. The van der Waals surface area contributed by atoms with Crippen LogP contribution in [0.5, 0.6) is 0 Å². The normalized spacial score (nSPS) is 11.2. The van der Waals surface area contributed by atoms with Gasteiger partial charge in [-0.05, 0) is 55.8 Å². The minimum absolute atomic E-state index is 0.235. The molecule has 0 unspecified atom stereocenters. The molecule has 0 aliphatic heterocycles. The summed E-state index contributed by atoms with van der Waals surface area (Å²) in [5.74, 6) is -0.503. The quantitative estimate of drug-likeness (QED) is 0.435. The van der Waals surface area contributed by atoms with Crippen LogP contribution in [0.1, 0.15) is 35.0 Å². The molecule has 0 radical (unpaired) electrons. The maximum absolute atomic E-state index is 12.8. The van der Waals surface area contributed by atoms with Gasteiger partial charge >= 0.3 is 5.97 Å². The molecule has 0 spiro atoms. The topological polar surface area (TPSA) is 76.4 Å². The molecule has 150 valence electrons. The molecule has 2 aromatic carbocycles. The molecule has 0 fully saturated rings. The van der Waals surface area contributed by atoms with Crippen LogP contribution >= 0.6 is 23.2 Å². The number of hydrogen-bond donors (Lipinski definition) is 1. The van der Waals surface area contributed by atoms with E-state index in [0.29, 0.717) is 40.7 Å². The molecule has 29 heavy (non-hydrogen) atoms. The Kier molecular flexibility index (Phi) is 6.56. The highest BCUT2D eigenvalue weighted by Gasteiger charge is 2.13. The molecule has 0 saturated carbocycles. The van der Waals surface area contributed by atoms with E-state index in [-0.39, 0.29) is 16.1 Å². The Balaban J connectivity index is 1.90. The number of carbonyl (C=O) groups is 1. The predicted molar refractivity (Wildman–Crippen MR) is 115 cm³/mol. The van der Waals surface area contributed by atoms with Gasteiger partial charge in [-0.1, -0.05) is 30.1 Å². The second-order valence-electron chi connectivity index (χ2n) is 6.33. The maximum Gasteiger partial charge on any atom is 0.339 e. The summed E-state index contributed by atoms with van der Waals surface area (Å²) in [7, 11) is 0. The fraction of sp³-hybridized carbons (Fsp3) is 0.190. The third-order valence-corrected chi connectivity index (χ3v) is 4.73. The van der Waals surface area contributed by atoms with Crippen LogP contribution in [-0.4, -0.2) is 28.6 Å². The first-order valence-electron chi connectivity index (χ1n) is 8.99. The Morgan fingerprint density at radius 1 is 1.21 bits per heavy atom. The third-order valence-electron chi connectivity index (χ3n) is 4.15. The molecule has 6 nitrogen and oxygen atoms in total. The molecule has 3 rings (SSSR count). The van der Waals surface area contributed by atoms with E-state index in [1.54, 1.807) is 43.3 Å². The summed E-state index contributed by atoms with van der Waals surface area (Å²) in [6.07, 6.45) is 2.18. The second kappa shape index (κ2) is 9.11. The van der Waals surface area contributed by atoms with Crippen molar-refractivity contribution in [2.24, 2.45) is 4.99 Å². The van der Waals surface area contributed by atoms with E-state index >= 15 is 0 Å². The number of carbonyl (C=O) groups excluding carboxylic acids is 1. The van der Waals surface area contributed by atoms with Gasteiger partial charge in [0.1, 0.15) is 0 Å². The molecule has 1 N–H and O–H groups in total. The zero-order valence-electron chi connectivity index (χ0n) is 15.9. The van der Waals surface area contributed by atoms with Crippen LogP contribution in [0.2, 0.25) is 10.0 Å². The van der Waals surface area contributed by atoms with Gasteiger partial charge in [0, 0.05) is 16.9 Å². The van der Waals surface area contributed by atoms with Crippen LogP contribution in [-0.2, 0) is 4.74 Å². The zero-order chi connectivity index (χ0) is 21.0. The third kappa shape index (κ3) is 4.78. The van der Waals surface area contributed by atoms with Gasteiger partial charge in [-0.3, -0.25) is 14.9 Å². The van der Waals surface area contributed by atoms with E-state index in [4.69, 9.17) is 27.9 Å². The van der Waals surface area contributed by atoms with Crippen LogP contribution in [0.4, 0.5) is 5.69 Å². The standard InChI is InChI=1S/C21H19Cl2N3O3/c1-3-10-29-21(28)17-11-15(6-9-19(17)23)24-12-18-13(2)25-26(20(18)27)16-7-4-14(22)5-8-16/h4-9,11-12,25H,3,10H2,1-2H3. The number of nitrogens with zero attached hydrogens (tertiary/aromatic N) is 2. The van der Waals surface area contributed by atoms with Crippen molar-refractivity contribution in [2.75, 3.05) is 6.61 Å². The molecule has 0 bridgehead atoms. The molecule has 0 amide bonds. The highest BCUT2D eigenvalue weighted by Crippen LogP contribution is 2.23. The van der Waals surface area contributed by atoms with Crippen molar-refractivity contribution in [1.82, 2.24) is 9.78 Å². The molecule has 0 saturated heterocycles. The molecule has 8 heteroatoms. The van der Waals surface area contributed by atoms with Crippen molar-refractivity contribution >= 4 is 41.1 Å². The minimum Gasteiger partial charge on any atom is -0.462 e. The number of esters is 1. The van der Waals surface area contributed by atoms with Crippen LogP contribution in [0.3, 0.4) is 0 Å². The maximum atomic E-state index is 12.8. The number of benzene rings is 2. The lowest BCUT2D eigenvalue weighted by atomic mass is 10.2. The Labute approximate surface area is 177 Å². The average Bonchev–Trinajstić information content (AvgIpc) is 2.99. The lowest BCUT2D eigenvalue weighted by Gasteiger charge is -2.05. The highest BCUT2D eigenvalue weighted by molar-refractivity contribution is 6.33. The monoisotopic (exact) mass is 431 g/mol. The summed E-state index contributed by atoms with van der Waals surface area (Å²) >= 11 is 12.0. The first-order valence-corrected chi connectivity index (χ1v) is 9.74. The summed E-state index contributed by atoms with van der Waals surface area (Å²) in [5, 5.41) is 3.89. The Hall–Kier alpha value is -2.83.